The Labute approximate surface area is 99.5 Å². The Balaban J connectivity index is 2.33. The van der Waals surface area contributed by atoms with Crippen molar-refractivity contribution in [3.63, 3.8) is 0 Å². The summed E-state index contributed by atoms with van der Waals surface area (Å²) in [5, 5.41) is 0. The summed E-state index contributed by atoms with van der Waals surface area (Å²) >= 11 is 0. The number of pyridine rings is 1. The van der Waals surface area contributed by atoms with Gasteiger partial charge in [0.2, 0.25) is 0 Å². The third-order valence-corrected chi connectivity index (χ3v) is 2.64. The Morgan fingerprint density at radius 1 is 1.12 bits per heavy atom. The molecule has 1 unspecified atom stereocenters. The summed E-state index contributed by atoms with van der Waals surface area (Å²) in [6.07, 6.45) is 1.77. The van der Waals surface area contributed by atoms with Crippen molar-refractivity contribution in [1.29, 1.82) is 0 Å². The van der Waals surface area contributed by atoms with Gasteiger partial charge in [-0.1, -0.05) is 18.2 Å². The number of halogens is 1. The topological polar surface area (TPSA) is 50.9 Å². The van der Waals surface area contributed by atoms with E-state index in [-0.39, 0.29) is 11.9 Å². The first-order chi connectivity index (χ1) is 8.20. The minimum Gasteiger partial charge on any atom is -0.271 e. The van der Waals surface area contributed by atoms with E-state index in [1.165, 1.54) is 12.1 Å². The van der Waals surface area contributed by atoms with E-state index in [4.69, 9.17) is 5.84 Å². The average Bonchev–Trinajstić information content (AvgIpc) is 2.35. The zero-order valence-corrected chi connectivity index (χ0v) is 9.52. The van der Waals surface area contributed by atoms with Crippen molar-refractivity contribution in [1.82, 2.24) is 10.4 Å². The molecule has 88 valence electrons. The number of aryl methyl sites for hydroxylation is 1. The molecule has 2 aromatic rings. The molecule has 0 saturated heterocycles. The monoisotopic (exact) mass is 231 g/mol. The van der Waals surface area contributed by atoms with Crippen molar-refractivity contribution < 1.29 is 4.39 Å². The van der Waals surface area contributed by atoms with Gasteiger partial charge in [-0.25, -0.2) is 9.82 Å². The lowest BCUT2D eigenvalue weighted by Gasteiger charge is -2.16. The van der Waals surface area contributed by atoms with Gasteiger partial charge in [0.15, 0.2) is 0 Å². The van der Waals surface area contributed by atoms with Crippen molar-refractivity contribution in [2.75, 3.05) is 0 Å². The second kappa shape index (κ2) is 5.03. The van der Waals surface area contributed by atoms with Crippen LogP contribution in [0.4, 0.5) is 4.39 Å². The molecular weight excluding hydrogens is 217 g/mol. The van der Waals surface area contributed by atoms with Crippen molar-refractivity contribution in [3.8, 4) is 0 Å². The number of rotatable bonds is 3. The van der Waals surface area contributed by atoms with Crippen LogP contribution in [0.25, 0.3) is 0 Å². The molecule has 2 rings (SSSR count). The summed E-state index contributed by atoms with van der Waals surface area (Å²) in [5.74, 6) is 5.28. The highest BCUT2D eigenvalue weighted by atomic mass is 19.1. The highest BCUT2D eigenvalue weighted by Gasteiger charge is 2.12. The van der Waals surface area contributed by atoms with E-state index in [1.54, 1.807) is 18.3 Å². The first kappa shape index (κ1) is 11.7. The molecule has 1 atom stereocenters. The van der Waals surface area contributed by atoms with Crippen LogP contribution < -0.4 is 11.3 Å². The van der Waals surface area contributed by atoms with Crippen LogP contribution in [0.15, 0.2) is 42.6 Å². The molecule has 0 spiro atoms. The molecule has 0 aliphatic heterocycles. The quantitative estimate of drug-likeness (QED) is 0.628. The van der Waals surface area contributed by atoms with Crippen molar-refractivity contribution in [3.05, 3.63) is 65.2 Å². The maximum Gasteiger partial charge on any atom is 0.123 e. The maximum atomic E-state index is 12.8. The second-order valence-corrected chi connectivity index (χ2v) is 3.88. The fraction of sp³-hybridized carbons (Fsp3) is 0.154. The third-order valence-electron chi connectivity index (χ3n) is 2.64. The van der Waals surface area contributed by atoms with E-state index < -0.39 is 0 Å². The van der Waals surface area contributed by atoms with Crippen LogP contribution in [0, 0.1) is 12.7 Å². The molecule has 0 amide bonds. The number of benzene rings is 1. The Bertz CT molecular complexity index is 434. The summed E-state index contributed by atoms with van der Waals surface area (Å²) in [6.45, 7) is 1.92. The van der Waals surface area contributed by atoms with E-state index in [0.29, 0.717) is 0 Å². The standard InChI is InChI=1S/C13H14FN3/c1-9-2-3-11(8-16-9)13(17-15)10-4-6-12(14)7-5-10/h2-8,13,17H,15H2,1H3. The van der Waals surface area contributed by atoms with Crippen LogP contribution in [0.1, 0.15) is 22.9 Å². The normalized spacial score (nSPS) is 12.4. The fourth-order valence-electron chi connectivity index (χ4n) is 1.69. The van der Waals surface area contributed by atoms with Gasteiger partial charge in [0.25, 0.3) is 0 Å². The minimum absolute atomic E-state index is 0.177. The fourth-order valence-corrected chi connectivity index (χ4v) is 1.69. The molecule has 0 aliphatic carbocycles. The van der Waals surface area contributed by atoms with Crippen LogP contribution in [0.3, 0.4) is 0 Å². The lowest BCUT2D eigenvalue weighted by atomic mass is 10.0. The molecule has 0 radical (unpaired) electrons. The summed E-state index contributed by atoms with van der Waals surface area (Å²) in [7, 11) is 0. The zero-order chi connectivity index (χ0) is 12.3. The number of hydrogen-bond donors (Lipinski definition) is 2. The van der Waals surface area contributed by atoms with Gasteiger partial charge in [-0.3, -0.25) is 10.8 Å². The Hall–Kier alpha value is -1.78. The van der Waals surface area contributed by atoms with Gasteiger partial charge in [-0.05, 0) is 36.2 Å². The lowest BCUT2D eigenvalue weighted by Crippen LogP contribution is -2.28. The lowest BCUT2D eigenvalue weighted by molar-refractivity contribution is 0.614. The van der Waals surface area contributed by atoms with Gasteiger partial charge in [0.05, 0.1) is 6.04 Å². The minimum atomic E-state index is -0.258. The summed E-state index contributed by atoms with van der Waals surface area (Å²) < 4.78 is 12.8. The molecule has 4 heteroatoms. The Morgan fingerprint density at radius 3 is 2.29 bits per heavy atom. The van der Waals surface area contributed by atoms with Crippen LogP contribution in [-0.4, -0.2) is 4.98 Å². The Morgan fingerprint density at radius 2 is 1.76 bits per heavy atom. The average molecular weight is 231 g/mol. The van der Waals surface area contributed by atoms with Gasteiger partial charge < -0.3 is 0 Å². The molecule has 3 nitrogen and oxygen atoms in total. The number of nitrogens with two attached hydrogens (primary N) is 1. The first-order valence-corrected chi connectivity index (χ1v) is 5.35. The SMILES string of the molecule is Cc1ccc(C(NN)c2ccc(F)cc2)cn1. The number of nitrogens with zero attached hydrogens (tertiary/aromatic N) is 1. The molecule has 17 heavy (non-hydrogen) atoms. The molecule has 1 heterocycles. The third kappa shape index (κ3) is 2.67. The van der Waals surface area contributed by atoms with E-state index >= 15 is 0 Å². The molecule has 0 saturated carbocycles. The zero-order valence-electron chi connectivity index (χ0n) is 9.52. The number of hydrogen-bond acceptors (Lipinski definition) is 3. The van der Waals surface area contributed by atoms with Gasteiger partial charge in [-0.2, -0.15) is 0 Å². The summed E-state index contributed by atoms with van der Waals surface area (Å²) in [4.78, 5) is 4.22. The molecular formula is C13H14FN3. The van der Waals surface area contributed by atoms with Crippen molar-refractivity contribution in [2.45, 2.75) is 13.0 Å². The van der Waals surface area contributed by atoms with Crippen LogP contribution in [-0.2, 0) is 0 Å². The molecule has 3 N–H and O–H groups in total. The van der Waals surface area contributed by atoms with Crippen molar-refractivity contribution >= 4 is 0 Å². The van der Waals surface area contributed by atoms with Crippen LogP contribution >= 0.6 is 0 Å². The second-order valence-electron chi connectivity index (χ2n) is 3.88. The van der Waals surface area contributed by atoms with Crippen molar-refractivity contribution in [2.24, 2.45) is 5.84 Å². The Kier molecular flexibility index (Phi) is 3.46. The molecule has 1 aromatic heterocycles. The molecule has 0 aliphatic rings. The van der Waals surface area contributed by atoms with Crippen LogP contribution in [0.5, 0.6) is 0 Å². The number of nitrogens with one attached hydrogen (secondary N) is 1. The molecule has 1 aromatic carbocycles. The number of aromatic nitrogens is 1. The van der Waals surface area contributed by atoms with E-state index in [9.17, 15) is 4.39 Å². The maximum absolute atomic E-state index is 12.8. The smallest absolute Gasteiger partial charge is 0.123 e. The van der Waals surface area contributed by atoms with E-state index in [2.05, 4.69) is 10.4 Å². The predicted molar refractivity (Wildman–Crippen MR) is 64.5 cm³/mol. The predicted octanol–water partition coefficient (Wildman–Crippen LogP) is 2.08. The van der Waals surface area contributed by atoms with E-state index in [0.717, 1.165) is 16.8 Å². The highest BCUT2D eigenvalue weighted by molar-refractivity contribution is 5.30. The molecule has 0 bridgehead atoms. The van der Waals surface area contributed by atoms with E-state index in [1.807, 2.05) is 19.1 Å². The summed E-state index contributed by atoms with van der Waals surface area (Å²) in [6, 6.07) is 9.95. The van der Waals surface area contributed by atoms with Gasteiger partial charge in [-0.15, -0.1) is 0 Å². The largest absolute Gasteiger partial charge is 0.271 e. The first-order valence-electron chi connectivity index (χ1n) is 5.35. The molecule has 0 fully saturated rings. The number of hydrazine groups is 1. The highest BCUT2D eigenvalue weighted by Crippen LogP contribution is 2.20. The van der Waals surface area contributed by atoms with Gasteiger partial charge in [0, 0.05) is 11.9 Å². The van der Waals surface area contributed by atoms with Gasteiger partial charge in [0.1, 0.15) is 5.82 Å². The van der Waals surface area contributed by atoms with Crippen LogP contribution in [0.2, 0.25) is 0 Å². The summed E-state index contributed by atoms with van der Waals surface area (Å²) in [5.41, 5.74) is 5.51. The van der Waals surface area contributed by atoms with Gasteiger partial charge >= 0.3 is 0 Å².